The molecule has 3 aromatic rings. The Balaban J connectivity index is 1.59. The second kappa shape index (κ2) is 9.13. The number of rotatable bonds is 5. The number of benzene rings is 2. The van der Waals surface area contributed by atoms with Crippen LogP contribution in [-0.2, 0) is 13.0 Å². The minimum atomic E-state index is -4.33. The number of nitrogens with zero attached hydrogens (tertiary/aromatic N) is 4. The lowest BCUT2D eigenvalue weighted by molar-refractivity contribution is -0.127. The molecule has 35 heavy (non-hydrogen) atoms. The first kappa shape index (κ1) is 23.8. The highest BCUT2D eigenvalue weighted by Gasteiger charge is 2.35. The van der Waals surface area contributed by atoms with Gasteiger partial charge in [-0.3, -0.25) is 14.3 Å². The zero-order chi connectivity index (χ0) is 25.3. The van der Waals surface area contributed by atoms with Crippen molar-refractivity contribution in [2.24, 2.45) is 0 Å². The SMILES string of the molecule is COc1ccc(C(=O)Nc2cnn3c2C(=O)N(c2ccc(CC(F)(F)F)cc2)[C@@H](C)C3)cc1C#N. The lowest BCUT2D eigenvalue weighted by Gasteiger charge is -2.34. The van der Waals surface area contributed by atoms with Gasteiger partial charge in [-0.1, -0.05) is 12.1 Å². The minimum Gasteiger partial charge on any atom is -0.495 e. The number of halogens is 3. The number of anilines is 2. The van der Waals surface area contributed by atoms with E-state index in [-0.39, 0.29) is 34.1 Å². The van der Waals surface area contributed by atoms with Crippen molar-refractivity contribution in [3.05, 3.63) is 71.0 Å². The fourth-order valence-electron chi connectivity index (χ4n) is 4.00. The molecule has 2 amide bonds. The number of nitriles is 1. The molecular formula is C24H20F3N5O3. The zero-order valence-electron chi connectivity index (χ0n) is 18.8. The Hall–Kier alpha value is -4.33. The third-order valence-corrected chi connectivity index (χ3v) is 5.59. The number of fused-ring (bicyclic) bond motifs is 1. The maximum absolute atomic E-state index is 13.4. The van der Waals surface area contributed by atoms with Crippen molar-refractivity contribution >= 4 is 23.2 Å². The molecule has 0 spiro atoms. The van der Waals surface area contributed by atoms with Crippen LogP contribution in [0.5, 0.6) is 5.75 Å². The highest BCUT2D eigenvalue weighted by atomic mass is 19.4. The van der Waals surface area contributed by atoms with Crippen LogP contribution >= 0.6 is 0 Å². The second-order valence-corrected chi connectivity index (χ2v) is 8.05. The van der Waals surface area contributed by atoms with Gasteiger partial charge < -0.3 is 15.0 Å². The number of carbonyl (C=O) groups excluding carboxylic acids is 2. The molecule has 2 aromatic carbocycles. The molecule has 0 aliphatic carbocycles. The molecule has 0 unspecified atom stereocenters. The standard InChI is InChI=1S/C24H20F3N5O3/c1-14-13-31-21(23(34)32(14)18-6-3-15(4-7-18)10-24(25,26)27)19(12-29-31)30-22(33)16-5-8-20(35-2)17(9-16)11-28/h3-9,12,14H,10,13H2,1-2H3,(H,30,33)/t14-/m0/s1. The summed E-state index contributed by atoms with van der Waals surface area (Å²) in [5.41, 5.74) is 1.22. The van der Waals surface area contributed by atoms with Crippen molar-refractivity contribution in [3.63, 3.8) is 0 Å². The number of hydrogen-bond acceptors (Lipinski definition) is 5. The Morgan fingerprint density at radius 3 is 2.60 bits per heavy atom. The summed E-state index contributed by atoms with van der Waals surface area (Å²) < 4.78 is 44.6. The highest BCUT2D eigenvalue weighted by Crippen LogP contribution is 2.30. The molecule has 1 aliphatic rings. The topological polar surface area (TPSA) is 100 Å². The van der Waals surface area contributed by atoms with Gasteiger partial charge >= 0.3 is 6.18 Å². The number of carbonyl (C=O) groups is 2. The van der Waals surface area contributed by atoms with Crippen LogP contribution in [0.1, 0.15) is 38.9 Å². The van der Waals surface area contributed by atoms with Crippen molar-refractivity contribution in [1.29, 1.82) is 5.26 Å². The summed E-state index contributed by atoms with van der Waals surface area (Å²) in [6, 6.07) is 11.6. The van der Waals surface area contributed by atoms with Gasteiger partial charge in [0.15, 0.2) is 0 Å². The van der Waals surface area contributed by atoms with Crippen LogP contribution in [0.3, 0.4) is 0 Å². The smallest absolute Gasteiger partial charge is 0.393 e. The molecule has 0 saturated carbocycles. The number of amides is 2. The van der Waals surface area contributed by atoms with Crippen molar-refractivity contribution in [2.75, 3.05) is 17.3 Å². The average molecular weight is 483 g/mol. The molecule has 1 N–H and O–H groups in total. The number of hydrogen-bond donors (Lipinski definition) is 1. The molecule has 2 heterocycles. The van der Waals surface area contributed by atoms with Gasteiger partial charge in [0.1, 0.15) is 17.5 Å². The maximum atomic E-state index is 13.4. The lowest BCUT2D eigenvalue weighted by Crippen LogP contribution is -2.47. The van der Waals surface area contributed by atoms with Crippen molar-refractivity contribution in [2.45, 2.75) is 32.1 Å². The number of ether oxygens (including phenoxy) is 1. The summed E-state index contributed by atoms with van der Waals surface area (Å²) >= 11 is 0. The lowest BCUT2D eigenvalue weighted by atomic mass is 10.1. The van der Waals surface area contributed by atoms with Gasteiger partial charge in [-0.15, -0.1) is 0 Å². The van der Waals surface area contributed by atoms with Gasteiger partial charge in [0, 0.05) is 11.3 Å². The summed E-state index contributed by atoms with van der Waals surface area (Å²) in [6.45, 7) is 2.12. The summed E-state index contributed by atoms with van der Waals surface area (Å²) in [5, 5.41) is 16.1. The molecule has 1 aromatic heterocycles. The van der Waals surface area contributed by atoms with Crippen LogP contribution in [-0.4, -0.2) is 40.9 Å². The normalized spacial score (nSPS) is 15.4. The third kappa shape index (κ3) is 4.82. The monoisotopic (exact) mass is 483 g/mol. The molecule has 4 rings (SSSR count). The summed E-state index contributed by atoms with van der Waals surface area (Å²) in [5.74, 6) is -0.671. The van der Waals surface area contributed by atoms with Crippen molar-refractivity contribution < 1.29 is 27.5 Å². The predicted octanol–water partition coefficient (Wildman–Crippen LogP) is 4.17. The number of methoxy groups -OCH3 is 1. The van der Waals surface area contributed by atoms with Crippen LogP contribution < -0.4 is 15.0 Å². The van der Waals surface area contributed by atoms with E-state index in [2.05, 4.69) is 10.4 Å². The molecule has 0 bridgehead atoms. The van der Waals surface area contributed by atoms with Crippen LogP contribution in [0.2, 0.25) is 0 Å². The Morgan fingerprint density at radius 2 is 1.97 bits per heavy atom. The Labute approximate surface area is 198 Å². The molecule has 0 radical (unpaired) electrons. The maximum Gasteiger partial charge on any atom is 0.393 e. The van der Waals surface area contributed by atoms with E-state index in [4.69, 9.17) is 4.74 Å². The first-order valence-electron chi connectivity index (χ1n) is 10.6. The Morgan fingerprint density at radius 1 is 1.26 bits per heavy atom. The first-order chi connectivity index (χ1) is 16.6. The van der Waals surface area contributed by atoms with Crippen LogP contribution in [0.4, 0.5) is 24.5 Å². The quantitative estimate of drug-likeness (QED) is 0.587. The van der Waals surface area contributed by atoms with Gasteiger partial charge in [0.2, 0.25) is 0 Å². The fourth-order valence-corrected chi connectivity index (χ4v) is 4.00. The summed E-state index contributed by atoms with van der Waals surface area (Å²) in [4.78, 5) is 27.7. The van der Waals surface area contributed by atoms with Crippen LogP contribution in [0, 0.1) is 11.3 Å². The molecule has 8 nitrogen and oxygen atoms in total. The zero-order valence-corrected chi connectivity index (χ0v) is 18.8. The van der Waals surface area contributed by atoms with E-state index < -0.39 is 24.4 Å². The van der Waals surface area contributed by atoms with E-state index >= 15 is 0 Å². The Kier molecular flexibility index (Phi) is 6.22. The predicted molar refractivity (Wildman–Crippen MR) is 120 cm³/mol. The van der Waals surface area contributed by atoms with Gasteiger partial charge in [-0.2, -0.15) is 23.5 Å². The van der Waals surface area contributed by atoms with Gasteiger partial charge in [-0.05, 0) is 42.8 Å². The molecule has 1 atom stereocenters. The van der Waals surface area contributed by atoms with E-state index in [1.807, 2.05) is 6.07 Å². The van der Waals surface area contributed by atoms with Crippen molar-refractivity contribution in [3.8, 4) is 11.8 Å². The highest BCUT2D eigenvalue weighted by molar-refractivity contribution is 6.13. The van der Waals surface area contributed by atoms with E-state index in [9.17, 15) is 28.0 Å². The average Bonchev–Trinajstić information content (AvgIpc) is 3.21. The van der Waals surface area contributed by atoms with Crippen LogP contribution in [0.25, 0.3) is 0 Å². The van der Waals surface area contributed by atoms with Crippen molar-refractivity contribution in [1.82, 2.24) is 9.78 Å². The molecule has 0 saturated heterocycles. The second-order valence-electron chi connectivity index (χ2n) is 8.05. The molecular weight excluding hydrogens is 463 g/mol. The van der Waals surface area contributed by atoms with Crippen LogP contribution in [0.15, 0.2) is 48.7 Å². The molecule has 180 valence electrons. The van der Waals surface area contributed by atoms with Gasteiger partial charge in [-0.25, -0.2) is 0 Å². The van der Waals surface area contributed by atoms with Gasteiger partial charge in [0.25, 0.3) is 11.8 Å². The largest absolute Gasteiger partial charge is 0.495 e. The first-order valence-corrected chi connectivity index (χ1v) is 10.6. The van der Waals surface area contributed by atoms with E-state index in [1.54, 1.807) is 6.92 Å². The van der Waals surface area contributed by atoms with Gasteiger partial charge in [0.05, 0.1) is 43.6 Å². The fraction of sp³-hybridized carbons (Fsp3) is 0.250. The third-order valence-electron chi connectivity index (χ3n) is 5.59. The molecule has 11 heteroatoms. The van der Waals surface area contributed by atoms with E-state index in [1.165, 1.54) is 65.4 Å². The Bertz CT molecular complexity index is 1330. The van der Waals surface area contributed by atoms with E-state index in [0.29, 0.717) is 18.0 Å². The molecule has 1 aliphatic heterocycles. The summed E-state index contributed by atoms with van der Waals surface area (Å²) in [6.07, 6.45) is -4.02. The number of alkyl halides is 3. The molecule has 0 fully saturated rings. The number of aromatic nitrogens is 2. The minimum absolute atomic E-state index is 0.0904. The number of nitrogens with one attached hydrogen (secondary N) is 1. The summed E-state index contributed by atoms with van der Waals surface area (Å²) in [7, 11) is 1.41. The van der Waals surface area contributed by atoms with E-state index in [0.717, 1.165) is 0 Å².